The van der Waals surface area contributed by atoms with Crippen LogP contribution in [-0.4, -0.2) is 43.1 Å². The van der Waals surface area contributed by atoms with Crippen LogP contribution in [0.4, 0.5) is 0 Å². The Labute approximate surface area is 92.7 Å². The molecule has 0 saturated carbocycles. The minimum Gasteiger partial charge on any atom is -0.393 e. The van der Waals surface area contributed by atoms with Crippen molar-refractivity contribution in [1.29, 1.82) is 0 Å². The molecule has 2 atom stereocenters. The average Bonchev–Trinajstić information content (AvgIpc) is 1.99. The van der Waals surface area contributed by atoms with Gasteiger partial charge in [-0.25, -0.2) is 0 Å². The lowest BCUT2D eigenvalue weighted by molar-refractivity contribution is 0.174. The van der Waals surface area contributed by atoms with E-state index in [-0.39, 0.29) is 12.1 Å². The Morgan fingerprint density at radius 3 is 2.07 bits per heavy atom. The Morgan fingerprint density at radius 2 is 1.73 bits per heavy atom. The van der Waals surface area contributed by atoms with Crippen molar-refractivity contribution in [3.63, 3.8) is 0 Å². The van der Waals surface area contributed by atoms with Crippen LogP contribution in [0.2, 0.25) is 0 Å². The van der Waals surface area contributed by atoms with Crippen LogP contribution >= 0.6 is 0 Å². The van der Waals surface area contributed by atoms with Crippen molar-refractivity contribution >= 4 is 10.2 Å². The second-order valence-corrected chi connectivity index (χ2v) is 5.98. The van der Waals surface area contributed by atoms with Crippen molar-refractivity contribution in [1.82, 2.24) is 9.03 Å². The Kier molecular flexibility index (Phi) is 5.72. The molecule has 0 aromatic carbocycles. The Hall–Kier alpha value is -0.170. The number of rotatable bonds is 6. The molecule has 0 aromatic heterocycles. The number of nitrogens with zero attached hydrogens (tertiary/aromatic N) is 1. The molecule has 0 spiro atoms. The zero-order valence-electron chi connectivity index (χ0n) is 10.1. The lowest BCUT2D eigenvalue weighted by Gasteiger charge is -2.24. The van der Waals surface area contributed by atoms with Crippen molar-refractivity contribution in [3.05, 3.63) is 0 Å². The van der Waals surface area contributed by atoms with E-state index in [1.807, 2.05) is 0 Å². The zero-order valence-corrected chi connectivity index (χ0v) is 10.9. The first-order chi connectivity index (χ1) is 6.66. The van der Waals surface area contributed by atoms with Crippen molar-refractivity contribution in [2.45, 2.75) is 52.3 Å². The molecule has 0 amide bonds. The van der Waals surface area contributed by atoms with Gasteiger partial charge in [-0.2, -0.15) is 17.4 Å². The largest absolute Gasteiger partial charge is 0.393 e. The van der Waals surface area contributed by atoms with E-state index in [0.717, 1.165) is 0 Å². The Morgan fingerprint density at radius 1 is 1.27 bits per heavy atom. The maximum Gasteiger partial charge on any atom is 0.279 e. The molecule has 5 nitrogen and oxygen atoms in total. The molecule has 0 aromatic rings. The van der Waals surface area contributed by atoms with Gasteiger partial charge in [0, 0.05) is 19.1 Å². The molecule has 0 aliphatic rings. The summed E-state index contributed by atoms with van der Waals surface area (Å²) in [5.41, 5.74) is 0. The van der Waals surface area contributed by atoms with E-state index in [4.69, 9.17) is 5.11 Å². The highest BCUT2D eigenvalue weighted by atomic mass is 32.2. The lowest BCUT2D eigenvalue weighted by atomic mass is 10.2. The highest BCUT2D eigenvalue weighted by molar-refractivity contribution is 7.87. The third-order valence-electron chi connectivity index (χ3n) is 2.15. The van der Waals surface area contributed by atoms with E-state index in [2.05, 4.69) is 4.72 Å². The maximum atomic E-state index is 11.7. The van der Waals surface area contributed by atoms with Gasteiger partial charge in [-0.05, 0) is 34.1 Å². The van der Waals surface area contributed by atoms with Gasteiger partial charge in [0.15, 0.2) is 0 Å². The fourth-order valence-electron chi connectivity index (χ4n) is 1.17. The van der Waals surface area contributed by atoms with E-state index >= 15 is 0 Å². The third-order valence-corrected chi connectivity index (χ3v) is 4.03. The molecule has 0 saturated heterocycles. The van der Waals surface area contributed by atoms with Gasteiger partial charge in [-0.15, -0.1) is 0 Å². The highest BCUT2D eigenvalue weighted by Crippen LogP contribution is 2.04. The topological polar surface area (TPSA) is 69.6 Å². The molecule has 0 aliphatic heterocycles. The van der Waals surface area contributed by atoms with E-state index < -0.39 is 16.3 Å². The smallest absolute Gasteiger partial charge is 0.279 e. The molecule has 92 valence electrons. The molecule has 0 rings (SSSR count). The molecular weight excluding hydrogens is 216 g/mol. The second kappa shape index (κ2) is 5.79. The van der Waals surface area contributed by atoms with E-state index in [1.54, 1.807) is 27.7 Å². The molecule has 0 bridgehead atoms. The fourth-order valence-corrected chi connectivity index (χ4v) is 2.50. The van der Waals surface area contributed by atoms with Crippen LogP contribution < -0.4 is 4.72 Å². The first-order valence-electron chi connectivity index (χ1n) is 5.10. The molecular formula is C9H22N2O3S. The number of nitrogens with one attached hydrogen (secondary N) is 1. The summed E-state index contributed by atoms with van der Waals surface area (Å²) in [6, 6.07) is -0.350. The van der Waals surface area contributed by atoms with Gasteiger partial charge in [0.25, 0.3) is 10.2 Å². The minimum atomic E-state index is -3.43. The molecule has 0 fully saturated rings. The van der Waals surface area contributed by atoms with E-state index in [1.165, 1.54) is 11.4 Å². The van der Waals surface area contributed by atoms with Crippen LogP contribution in [-0.2, 0) is 10.2 Å². The predicted molar refractivity (Wildman–Crippen MR) is 60.7 cm³/mol. The van der Waals surface area contributed by atoms with Gasteiger partial charge in [0.05, 0.1) is 6.10 Å². The summed E-state index contributed by atoms with van der Waals surface area (Å²) in [5.74, 6) is 0. The summed E-state index contributed by atoms with van der Waals surface area (Å²) in [4.78, 5) is 0. The summed E-state index contributed by atoms with van der Waals surface area (Å²) in [6.07, 6.45) is -0.0995. The quantitative estimate of drug-likeness (QED) is 0.700. The summed E-state index contributed by atoms with van der Waals surface area (Å²) in [7, 11) is -1.90. The van der Waals surface area contributed by atoms with Crippen molar-refractivity contribution < 1.29 is 13.5 Å². The molecule has 2 unspecified atom stereocenters. The van der Waals surface area contributed by atoms with Gasteiger partial charge in [-0.1, -0.05) is 0 Å². The lowest BCUT2D eigenvalue weighted by Crippen LogP contribution is -2.45. The molecule has 15 heavy (non-hydrogen) atoms. The summed E-state index contributed by atoms with van der Waals surface area (Å²) in [5, 5.41) is 9.12. The predicted octanol–water partition coefficient (Wildman–Crippen LogP) is 0.320. The van der Waals surface area contributed by atoms with Gasteiger partial charge in [-0.3, -0.25) is 0 Å². The summed E-state index contributed by atoms with van der Waals surface area (Å²) in [6.45, 7) is 6.98. The molecule has 0 heterocycles. The number of hydrogen-bond donors (Lipinski definition) is 2. The Balaban J connectivity index is 4.38. The van der Waals surface area contributed by atoms with E-state index in [9.17, 15) is 8.42 Å². The van der Waals surface area contributed by atoms with Crippen LogP contribution in [0.1, 0.15) is 34.1 Å². The van der Waals surface area contributed by atoms with Gasteiger partial charge in [0.1, 0.15) is 0 Å². The van der Waals surface area contributed by atoms with E-state index in [0.29, 0.717) is 6.42 Å². The second-order valence-electron chi connectivity index (χ2n) is 4.22. The van der Waals surface area contributed by atoms with Crippen LogP contribution in [0, 0.1) is 0 Å². The van der Waals surface area contributed by atoms with Gasteiger partial charge < -0.3 is 5.11 Å². The average molecular weight is 238 g/mol. The fraction of sp³-hybridized carbons (Fsp3) is 1.00. The Bertz CT molecular complexity index is 275. The van der Waals surface area contributed by atoms with Crippen LogP contribution in [0.5, 0.6) is 0 Å². The molecule has 0 aliphatic carbocycles. The van der Waals surface area contributed by atoms with Gasteiger partial charge in [0.2, 0.25) is 0 Å². The molecule has 2 N–H and O–H groups in total. The molecule has 0 radical (unpaired) electrons. The van der Waals surface area contributed by atoms with Gasteiger partial charge >= 0.3 is 0 Å². The first-order valence-corrected chi connectivity index (χ1v) is 6.54. The van der Waals surface area contributed by atoms with Crippen LogP contribution in [0.3, 0.4) is 0 Å². The standard InChI is InChI=1S/C9H22N2O3S/c1-7(2)11(5)15(13,14)10-8(3)6-9(4)12/h7-10,12H,6H2,1-5H3. The number of aliphatic hydroxyl groups excluding tert-OH is 1. The van der Waals surface area contributed by atoms with Crippen LogP contribution in [0.15, 0.2) is 0 Å². The third kappa shape index (κ3) is 5.46. The number of hydrogen-bond acceptors (Lipinski definition) is 3. The zero-order chi connectivity index (χ0) is 12.2. The van der Waals surface area contributed by atoms with Crippen molar-refractivity contribution in [3.8, 4) is 0 Å². The monoisotopic (exact) mass is 238 g/mol. The first kappa shape index (κ1) is 14.8. The summed E-state index contributed by atoms with van der Waals surface area (Å²) < 4.78 is 27.2. The SMILES string of the molecule is CC(O)CC(C)NS(=O)(=O)N(C)C(C)C. The minimum absolute atomic E-state index is 0.0822. The van der Waals surface area contributed by atoms with Crippen molar-refractivity contribution in [2.75, 3.05) is 7.05 Å². The van der Waals surface area contributed by atoms with Crippen LogP contribution in [0.25, 0.3) is 0 Å². The summed E-state index contributed by atoms with van der Waals surface area (Å²) >= 11 is 0. The number of aliphatic hydroxyl groups is 1. The maximum absolute atomic E-state index is 11.7. The van der Waals surface area contributed by atoms with Crippen molar-refractivity contribution in [2.24, 2.45) is 0 Å². The highest BCUT2D eigenvalue weighted by Gasteiger charge is 2.22. The normalized spacial score (nSPS) is 17.1. The molecule has 6 heteroatoms.